The van der Waals surface area contributed by atoms with Gasteiger partial charge >= 0.3 is 5.97 Å². The molecule has 1 rings (SSSR count). The first-order valence-electron chi connectivity index (χ1n) is 9.02. The minimum Gasteiger partial charge on any atom is -0.504 e. The molecular weight excluding hydrogens is 330 g/mol. The number of carboxylic acids is 1. The molecular formula is C21H35NO4. The molecule has 5 heteroatoms. The Bertz CT molecular complexity index is 633. The fourth-order valence-corrected chi connectivity index (χ4v) is 4.13. The van der Waals surface area contributed by atoms with Crippen molar-refractivity contribution in [3.05, 3.63) is 23.8 Å². The van der Waals surface area contributed by atoms with E-state index in [1.54, 1.807) is 6.07 Å². The molecule has 0 saturated heterocycles. The summed E-state index contributed by atoms with van der Waals surface area (Å²) >= 11 is 0. The molecule has 0 amide bonds. The van der Waals surface area contributed by atoms with E-state index < -0.39 is 17.9 Å². The molecule has 0 saturated carbocycles. The van der Waals surface area contributed by atoms with Gasteiger partial charge in [-0.25, -0.2) is 0 Å². The third-order valence-electron chi connectivity index (χ3n) is 4.58. The van der Waals surface area contributed by atoms with Crippen LogP contribution in [0.15, 0.2) is 18.2 Å². The molecule has 0 bridgehead atoms. The zero-order chi connectivity index (χ0) is 20.7. The molecule has 0 aromatic heterocycles. The van der Waals surface area contributed by atoms with Crippen molar-refractivity contribution in [1.82, 2.24) is 4.90 Å². The first kappa shape index (κ1) is 22.3. The number of carbonyl (C=O) groups is 1. The Morgan fingerprint density at radius 1 is 0.885 bits per heavy atom. The van der Waals surface area contributed by atoms with Crippen molar-refractivity contribution in [2.45, 2.75) is 85.4 Å². The third-order valence-corrected chi connectivity index (χ3v) is 4.58. The van der Waals surface area contributed by atoms with Crippen molar-refractivity contribution in [3.63, 3.8) is 0 Å². The Hall–Kier alpha value is -1.75. The molecule has 0 fully saturated rings. The van der Waals surface area contributed by atoms with Crippen molar-refractivity contribution in [1.29, 1.82) is 0 Å². The number of aliphatic carboxylic acids is 1. The van der Waals surface area contributed by atoms with Crippen LogP contribution in [0.1, 0.15) is 73.8 Å². The van der Waals surface area contributed by atoms with Crippen molar-refractivity contribution in [3.8, 4) is 11.5 Å². The van der Waals surface area contributed by atoms with Crippen molar-refractivity contribution >= 4 is 5.97 Å². The Balaban J connectivity index is 3.71. The molecule has 148 valence electrons. The van der Waals surface area contributed by atoms with E-state index in [9.17, 15) is 20.1 Å². The summed E-state index contributed by atoms with van der Waals surface area (Å²) in [7, 11) is 0. The fourth-order valence-electron chi connectivity index (χ4n) is 4.13. The molecule has 1 aromatic rings. The Morgan fingerprint density at radius 2 is 1.35 bits per heavy atom. The lowest BCUT2D eigenvalue weighted by Gasteiger charge is -2.52. The second-order valence-electron chi connectivity index (χ2n) is 10.1. The number of phenolic OH excluding ortho intramolecular Hbond substituents is 2. The van der Waals surface area contributed by atoms with E-state index in [0.29, 0.717) is 5.56 Å². The molecule has 0 radical (unpaired) electrons. The highest BCUT2D eigenvalue weighted by Gasteiger charge is 2.48. The molecule has 3 N–H and O–H groups in total. The Morgan fingerprint density at radius 3 is 1.65 bits per heavy atom. The van der Waals surface area contributed by atoms with Crippen LogP contribution >= 0.6 is 0 Å². The van der Waals surface area contributed by atoms with Crippen molar-refractivity contribution in [2.75, 3.05) is 0 Å². The number of hydrogen-bond acceptors (Lipinski definition) is 4. The summed E-state index contributed by atoms with van der Waals surface area (Å²) in [6.45, 7) is 18.1. The highest BCUT2D eigenvalue weighted by molar-refractivity contribution is 5.75. The number of phenols is 2. The molecule has 5 nitrogen and oxygen atoms in total. The van der Waals surface area contributed by atoms with Gasteiger partial charge in [-0.1, -0.05) is 26.8 Å². The number of carboxylic acid groups (broad SMARTS) is 1. The summed E-state index contributed by atoms with van der Waals surface area (Å²) in [5.41, 5.74) is -0.465. The molecule has 2 atom stereocenters. The lowest BCUT2D eigenvalue weighted by Crippen LogP contribution is -2.62. The predicted molar refractivity (Wildman–Crippen MR) is 105 cm³/mol. The number of benzene rings is 1. The summed E-state index contributed by atoms with van der Waals surface area (Å²) in [6, 6.07) is 3.79. The van der Waals surface area contributed by atoms with Gasteiger partial charge in [-0.3, -0.25) is 9.69 Å². The first-order valence-corrected chi connectivity index (χ1v) is 9.02. The van der Waals surface area contributed by atoms with Crippen molar-refractivity contribution in [2.24, 2.45) is 5.41 Å². The third kappa shape index (κ3) is 4.91. The van der Waals surface area contributed by atoms with Gasteiger partial charge in [-0.2, -0.15) is 0 Å². The molecule has 1 unspecified atom stereocenters. The standard InChI is InChI=1S/C21H35NO4/c1-19(2,3)16(13-10-11-14(23)15(24)12-13)17(18(25)26)22(20(4,5)6)21(7,8)9/h10-12,16-17,23-24H,1-9H3,(H,25,26)/t16?,17-/m0/s1. The van der Waals surface area contributed by atoms with E-state index in [1.807, 2.05) is 67.2 Å². The van der Waals surface area contributed by atoms with Crippen molar-refractivity contribution < 1.29 is 20.1 Å². The summed E-state index contributed by atoms with van der Waals surface area (Å²) in [6.07, 6.45) is 0. The molecule has 26 heavy (non-hydrogen) atoms. The average Bonchev–Trinajstić information content (AvgIpc) is 2.37. The number of rotatable bonds is 4. The second-order valence-corrected chi connectivity index (χ2v) is 10.1. The largest absolute Gasteiger partial charge is 0.504 e. The second kappa shape index (κ2) is 7.10. The van der Waals surface area contributed by atoms with Gasteiger partial charge < -0.3 is 15.3 Å². The van der Waals surface area contributed by atoms with Gasteiger partial charge in [-0.05, 0) is 64.7 Å². The average molecular weight is 366 g/mol. The quantitative estimate of drug-likeness (QED) is 0.681. The lowest BCUT2D eigenvalue weighted by atomic mass is 9.70. The minimum absolute atomic E-state index is 0.211. The molecule has 0 heterocycles. The van der Waals surface area contributed by atoms with Crippen LogP contribution < -0.4 is 0 Å². The smallest absolute Gasteiger partial charge is 0.321 e. The van der Waals surface area contributed by atoms with E-state index >= 15 is 0 Å². The van der Waals surface area contributed by atoms with E-state index in [0.717, 1.165) is 0 Å². The van der Waals surface area contributed by atoms with Gasteiger partial charge in [0.15, 0.2) is 11.5 Å². The zero-order valence-electron chi connectivity index (χ0n) is 17.6. The highest BCUT2D eigenvalue weighted by atomic mass is 16.4. The van der Waals surface area contributed by atoms with Crippen LogP contribution in [0.2, 0.25) is 0 Å². The van der Waals surface area contributed by atoms with Gasteiger partial charge in [0, 0.05) is 17.0 Å². The van der Waals surface area contributed by atoms with E-state index in [4.69, 9.17) is 0 Å². The van der Waals surface area contributed by atoms with Gasteiger partial charge in [0.2, 0.25) is 0 Å². The maximum Gasteiger partial charge on any atom is 0.321 e. The zero-order valence-corrected chi connectivity index (χ0v) is 17.6. The van der Waals surface area contributed by atoms with Crippen LogP contribution in [0.3, 0.4) is 0 Å². The topological polar surface area (TPSA) is 81.0 Å². The monoisotopic (exact) mass is 365 g/mol. The molecule has 0 aliphatic heterocycles. The van der Waals surface area contributed by atoms with E-state index in [2.05, 4.69) is 0 Å². The van der Waals surface area contributed by atoms with E-state index in [-0.39, 0.29) is 28.0 Å². The van der Waals surface area contributed by atoms with Crippen LogP contribution in [-0.4, -0.2) is 43.3 Å². The van der Waals surface area contributed by atoms with Crippen LogP contribution in [0.25, 0.3) is 0 Å². The number of nitrogens with zero attached hydrogens (tertiary/aromatic N) is 1. The van der Waals surface area contributed by atoms with Crippen LogP contribution in [0, 0.1) is 5.41 Å². The first-order chi connectivity index (χ1) is 11.5. The summed E-state index contributed by atoms with van der Waals surface area (Å²) in [5.74, 6) is -1.75. The molecule has 0 aliphatic rings. The van der Waals surface area contributed by atoms with Gasteiger partial charge in [0.25, 0.3) is 0 Å². The number of hydrogen-bond donors (Lipinski definition) is 3. The van der Waals surface area contributed by atoms with E-state index in [1.165, 1.54) is 12.1 Å². The summed E-state index contributed by atoms with van der Waals surface area (Å²) < 4.78 is 0. The van der Waals surface area contributed by atoms with Gasteiger partial charge in [-0.15, -0.1) is 0 Å². The minimum atomic E-state index is -0.901. The van der Waals surface area contributed by atoms with Crippen LogP contribution in [-0.2, 0) is 4.79 Å². The number of aromatic hydroxyl groups is 2. The van der Waals surface area contributed by atoms with Crippen LogP contribution in [0.5, 0.6) is 11.5 Å². The molecule has 0 spiro atoms. The predicted octanol–water partition coefficient (Wildman–Crippen LogP) is 4.58. The lowest BCUT2D eigenvalue weighted by molar-refractivity contribution is -0.153. The van der Waals surface area contributed by atoms with Gasteiger partial charge in [0.05, 0.1) is 0 Å². The maximum atomic E-state index is 12.5. The summed E-state index contributed by atoms with van der Waals surface area (Å²) in [5, 5.41) is 29.9. The SMILES string of the molecule is CC(C)(C)C(c1ccc(O)c(O)c1)[C@@H](C(=O)O)N(C(C)(C)C)C(C)(C)C. The normalized spacial score (nSPS) is 15.8. The maximum absolute atomic E-state index is 12.5. The molecule has 0 aliphatic carbocycles. The van der Waals surface area contributed by atoms with Crippen LogP contribution in [0.4, 0.5) is 0 Å². The fraction of sp³-hybridized carbons (Fsp3) is 0.667. The Kier molecular flexibility index (Phi) is 6.09. The Labute approximate surface area is 157 Å². The summed E-state index contributed by atoms with van der Waals surface area (Å²) in [4.78, 5) is 14.5. The van der Waals surface area contributed by atoms with Gasteiger partial charge in [0.1, 0.15) is 6.04 Å². The highest BCUT2D eigenvalue weighted by Crippen LogP contribution is 2.45. The molecule has 1 aromatic carbocycles.